The van der Waals surface area contributed by atoms with E-state index in [1.807, 2.05) is 0 Å². The molecule has 0 aliphatic heterocycles. The van der Waals surface area contributed by atoms with Crippen molar-refractivity contribution in [1.29, 1.82) is 0 Å². The van der Waals surface area contributed by atoms with E-state index >= 15 is 0 Å². The molecule has 0 aliphatic rings. The first kappa shape index (κ1) is 14.2. The Morgan fingerprint density at radius 3 is 2.75 bits per heavy atom. The molecular weight excluding hydrogens is 276 g/mol. The van der Waals surface area contributed by atoms with Crippen molar-refractivity contribution in [3.8, 4) is 17.4 Å². The summed E-state index contributed by atoms with van der Waals surface area (Å²) in [5, 5.41) is 9.10. The molecule has 0 unspecified atom stereocenters. The summed E-state index contributed by atoms with van der Waals surface area (Å²) >= 11 is 4.91. The number of pyridine rings is 1. The number of methoxy groups -OCH3 is 1. The molecule has 6 heteroatoms. The molecule has 2 rings (SSSR count). The van der Waals surface area contributed by atoms with Gasteiger partial charge in [-0.3, -0.25) is 0 Å². The van der Waals surface area contributed by atoms with Crippen molar-refractivity contribution in [3.63, 3.8) is 0 Å². The lowest BCUT2D eigenvalue weighted by Gasteiger charge is -2.11. The van der Waals surface area contributed by atoms with E-state index in [0.29, 0.717) is 22.9 Å². The van der Waals surface area contributed by atoms with E-state index in [2.05, 4.69) is 4.98 Å². The van der Waals surface area contributed by atoms with Gasteiger partial charge >= 0.3 is 0 Å². The molecule has 0 radical (unpaired) electrons. The highest BCUT2D eigenvalue weighted by atomic mass is 32.1. The van der Waals surface area contributed by atoms with Crippen LogP contribution < -0.4 is 15.2 Å². The zero-order chi connectivity index (χ0) is 14.5. The van der Waals surface area contributed by atoms with Gasteiger partial charge in [0.1, 0.15) is 4.99 Å². The molecule has 5 nitrogen and oxygen atoms in total. The molecule has 0 bridgehead atoms. The highest BCUT2D eigenvalue weighted by Crippen LogP contribution is 2.31. The van der Waals surface area contributed by atoms with E-state index in [-0.39, 0.29) is 11.6 Å². The molecule has 20 heavy (non-hydrogen) atoms. The topological polar surface area (TPSA) is 77.6 Å². The molecule has 0 spiro atoms. The van der Waals surface area contributed by atoms with Crippen LogP contribution in [0, 0.1) is 0 Å². The van der Waals surface area contributed by atoms with Crippen molar-refractivity contribution in [2.24, 2.45) is 5.73 Å². The van der Waals surface area contributed by atoms with E-state index < -0.39 is 0 Å². The number of hydrogen-bond donors (Lipinski definition) is 2. The molecule has 0 saturated heterocycles. The molecule has 0 atom stereocenters. The summed E-state index contributed by atoms with van der Waals surface area (Å²) in [7, 11) is 1.53. The number of thiocarbonyl (C=S) groups is 1. The van der Waals surface area contributed by atoms with Gasteiger partial charge in [0.25, 0.3) is 0 Å². The van der Waals surface area contributed by atoms with Crippen LogP contribution in [0.5, 0.6) is 17.4 Å². The number of aliphatic hydroxyl groups excluding tert-OH is 1. The minimum atomic E-state index is -0.0637. The van der Waals surface area contributed by atoms with E-state index in [1.54, 1.807) is 36.5 Å². The number of aromatic nitrogens is 1. The number of aliphatic hydroxyl groups is 1. The number of rotatable bonds is 5. The Labute approximate surface area is 122 Å². The standard InChI is InChI=1S/C14H14N2O3S/c1-18-12-6-9(8-17)2-3-11(12)19-13-7-10(14(15)20)4-5-16-13/h2-7,17H,8H2,1H3,(H2,15,20). The lowest BCUT2D eigenvalue weighted by Crippen LogP contribution is -2.09. The first-order valence-corrected chi connectivity index (χ1v) is 6.26. The van der Waals surface area contributed by atoms with Gasteiger partial charge < -0.3 is 20.3 Å². The van der Waals surface area contributed by atoms with Gasteiger partial charge in [0.15, 0.2) is 11.5 Å². The molecule has 104 valence electrons. The zero-order valence-electron chi connectivity index (χ0n) is 10.9. The summed E-state index contributed by atoms with van der Waals surface area (Å²) < 4.78 is 10.9. The van der Waals surface area contributed by atoms with Gasteiger partial charge in [0, 0.05) is 17.8 Å². The van der Waals surface area contributed by atoms with E-state index in [4.69, 9.17) is 32.5 Å². The van der Waals surface area contributed by atoms with Crippen LogP contribution in [-0.2, 0) is 6.61 Å². The van der Waals surface area contributed by atoms with Crippen LogP contribution in [0.3, 0.4) is 0 Å². The molecule has 0 saturated carbocycles. The van der Waals surface area contributed by atoms with Gasteiger partial charge in [-0.25, -0.2) is 4.98 Å². The third-order valence-electron chi connectivity index (χ3n) is 2.64. The van der Waals surface area contributed by atoms with Gasteiger partial charge in [0.2, 0.25) is 5.88 Å². The van der Waals surface area contributed by atoms with Crippen LogP contribution in [0.4, 0.5) is 0 Å². The quantitative estimate of drug-likeness (QED) is 0.820. The fourth-order valence-electron chi connectivity index (χ4n) is 1.63. The molecule has 0 amide bonds. The lowest BCUT2D eigenvalue weighted by molar-refractivity contribution is 0.280. The van der Waals surface area contributed by atoms with Gasteiger partial charge in [-0.2, -0.15) is 0 Å². The minimum Gasteiger partial charge on any atom is -0.493 e. The first-order valence-electron chi connectivity index (χ1n) is 5.85. The van der Waals surface area contributed by atoms with Crippen molar-refractivity contribution in [1.82, 2.24) is 4.98 Å². The maximum Gasteiger partial charge on any atom is 0.220 e. The first-order chi connectivity index (χ1) is 9.63. The zero-order valence-corrected chi connectivity index (χ0v) is 11.7. The maximum absolute atomic E-state index is 9.10. The smallest absolute Gasteiger partial charge is 0.220 e. The summed E-state index contributed by atoms with van der Waals surface area (Å²) in [6, 6.07) is 8.52. The SMILES string of the molecule is COc1cc(CO)ccc1Oc1cc(C(N)=S)ccn1. The minimum absolute atomic E-state index is 0.0637. The van der Waals surface area contributed by atoms with Gasteiger partial charge in [-0.1, -0.05) is 18.3 Å². The van der Waals surface area contributed by atoms with Crippen molar-refractivity contribution in [2.75, 3.05) is 7.11 Å². The predicted molar refractivity (Wildman–Crippen MR) is 79.1 cm³/mol. The van der Waals surface area contributed by atoms with Crippen molar-refractivity contribution in [2.45, 2.75) is 6.61 Å². The molecule has 0 fully saturated rings. The molecule has 3 N–H and O–H groups in total. The Hall–Kier alpha value is -2.18. The summed E-state index contributed by atoms with van der Waals surface area (Å²) in [6.07, 6.45) is 1.57. The predicted octanol–water partition coefficient (Wildman–Crippen LogP) is 2.01. The van der Waals surface area contributed by atoms with Crippen molar-refractivity contribution >= 4 is 17.2 Å². The van der Waals surface area contributed by atoms with Crippen LogP contribution in [-0.4, -0.2) is 22.2 Å². The maximum atomic E-state index is 9.10. The molecule has 1 heterocycles. The monoisotopic (exact) mass is 290 g/mol. The van der Waals surface area contributed by atoms with Crippen LogP contribution in [0.25, 0.3) is 0 Å². The fraction of sp³-hybridized carbons (Fsp3) is 0.143. The number of hydrogen-bond acceptors (Lipinski definition) is 5. The molecule has 2 aromatic rings. The number of nitrogens with zero attached hydrogens (tertiary/aromatic N) is 1. The highest BCUT2D eigenvalue weighted by Gasteiger charge is 2.08. The molecule has 0 aliphatic carbocycles. The van der Waals surface area contributed by atoms with Crippen LogP contribution in [0.15, 0.2) is 36.5 Å². The van der Waals surface area contributed by atoms with E-state index in [0.717, 1.165) is 5.56 Å². The van der Waals surface area contributed by atoms with Crippen LogP contribution >= 0.6 is 12.2 Å². The molecular formula is C14H14N2O3S. The second-order valence-corrected chi connectivity index (χ2v) is 4.43. The van der Waals surface area contributed by atoms with Crippen LogP contribution in [0.2, 0.25) is 0 Å². The highest BCUT2D eigenvalue weighted by molar-refractivity contribution is 7.80. The third kappa shape index (κ3) is 3.23. The third-order valence-corrected chi connectivity index (χ3v) is 2.88. The van der Waals surface area contributed by atoms with Gasteiger partial charge in [-0.15, -0.1) is 0 Å². The van der Waals surface area contributed by atoms with Gasteiger partial charge in [0.05, 0.1) is 13.7 Å². The second kappa shape index (κ2) is 6.31. The van der Waals surface area contributed by atoms with Crippen molar-refractivity contribution in [3.05, 3.63) is 47.7 Å². The average molecular weight is 290 g/mol. The Morgan fingerprint density at radius 2 is 2.10 bits per heavy atom. The van der Waals surface area contributed by atoms with E-state index in [1.165, 1.54) is 7.11 Å². The Bertz CT molecular complexity index is 632. The molecule has 1 aromatic carbocycles. The van der Waals surface area contributed by atoms with Crippen LogP contribution in [0.1, 0.15) is 11.1 Å². The summed E-state index contributed by atoms with van der Waals surface area (Å²) in [5.74, 6) is 1.38. The second-order valence-electron chi connectivity index (χ2n) is 3.99. The summed E-state index contributed by atoms with van der Waals surface area (Å²) in [4.78, 5) is 4.37. The number of nitrogens with two attached hydrogens (primary N) is 1. The molecule has 1 aromatic heterocycles. The van der Waals surface area contributed by atoms with Gasteiger partial charge in [-0.05, 0) is 23.8 Å². The Balaban J connectivity index is 2.29. The lowest BCUT2D eigenvalue weighted by atomic mass is 10.2. The number of ether oxygens (including phenoxy) is 2. The van der Waals surface area contributed by atoms with Crippen molar-refractivity contribution < 1.29 is 14.6 Å². The Morgan fingerprint density at radius 1 is 1.30 bits per heavy atom. The normalized spacial score (nSPS) is 10.1. The Kier molecular flexibility index (Phi) is 4.49. The number of benzene rings is 1. The summed E-state index contributed by atoms with van der Waals surface area (Å²) in [5.41, 5.74) is 6.98. The fourth-order valence-corrected chi connectivity index (χ4v) is 1.75. The largest absolute Gasteiger partial charge is 0.493 e. The summed E-state index contributed by atoms with van der Waals surface area (Å²) in [6.45, 7) is -0.0637. The average Bonchev–Trinajstić information content (AvgIpc) is 2.48. The van der Waals surface area contributed by atoms with E-state index in [9.17, 15) is 0 Å².